The Morgan fingerprint density at radius 2 is 2.00 bits per heavy atom. The van der Waals surface area contributed by atoms with Gasteiger partial charge in [0, 0.05) is 12.0 Å². The van der Waals surface area contributed by atoms with E-state index in [4.69, 9.17) is 4.74 Å². The van der Waals surface area contributed by atoms with Crippen LogP contribution in [0.15, 0.2) is 6.07 Å². The molecule has 1 unspecified atom stereocenters. The number of carboxylic acids is 1. The van der Waals surface area contributed by atoms with Crippen molar-refractivity contribution in [3.63, 3.8) is 0 Å². The molecule has 2 atom stereocenters. The first kappa shape index (κ1) is 23.8. The van der Waals surface area contributed by atoms with Crippen molar-refractivity contribution in [1.29, 1.82) is 0 Å². The van der Waals surface area contributed by atoms with Gasteiger partial charge in [-0.2, -0.15) is 0 Å². The van der Waals surface area contributed by atoms with Crippen molar-refractivity contribution < 1.29 is 24.5 Å². The van der Waals surface area contributed by atoms with Crippen LogP contribution in [0.1, 0.15) is 80.3 Å². The van der Waals surface area contributed by atoms with E-state index in [2.05, 4.69) is 11.8 Å². The standard InChI is InChI=1S/C24H33NO5S/c1-24(2,3)12-11-17-14-18(21(31-17)23(28)29)25-19(16-8-5-4-6-9-16)15-30-20(22(25)27)10-7-13-26/h14,16,19-20,26H,4-10,13,15H2,1-3H3,(H,28,29)/t19?,20-/m1/s1. The number of thiophene rings is 1. The third-order valence-electron chi connectivity index (χ3n) is 5.86. The highest BCUT2D eigenvalue weighted by atomic mass is 32.1. The van der Waals surface area contributed by atoms with Crippen molar-refractivity contribution in [2.75, 3.05) is 18.1 Å². The summed E-state index contributed by atoms with van der Waals surface area (Å²) in [5.74, 6) is 5.30. The first-order valence-corrected chi connectivity index (χ1v) is 12.0. The summed E-state index contributed by atoms with van der Waals surface area (Å²) in [4.78, 5) is 28.1. The fraction of sp³-hybridized carbons (Fsp3) is 0.667. The van der Waals surface area contributed by atoms with Gasteiger partial charge in [0.05, 0.1) is 23.2 Å². The second-order valence-electron chi connectivity index (χ2n) is 9.49. The Morgan fingerprint density at radius 1 is 1.29 bits per heavy atom. The molecule has 170 valence electrons. The molecule has 2 heterocycles. The minimum Gasteiger partial charge on any atom is -0.477 e. The quantitative estimate of drug-likeness (QED) is 0.635. The summed E-state index contributed by atoms with van der Waals surface area (Å²) >= 11 is 1.12. The molecule has 2 fully saturated rings. The Bertz CT molecular complexity index is 854. The second kappa shape index (κ2) is 10.2. The van der Waals surface area contributed by atoms with Crippen molar-refractivity contribution in [3.8, 4) is 11.8 Å². The van der Waals surface area contributed by atoms with Gasteiger partial charge in [-0.25, -0.2) is 4.79 Å². The Labute approximate surface area is 188 Å². The lowest BCUT2D eigenvalue weighted by Crippen LogP contribution is -2.57. The van der Waals surface area contributed by atoms with Gasteiger partial charge in [-0.15, -0.1) is 11.3 Å². The molecular formula is C24H33NO5S. The monoisotopic (exact) mass is 447 g/mol. The highest BCUT2D eigenvalue weighted by Crippen LogP contribution is 2.39. The molecule has 1 aliphatic heterocycles. The predicted molar refractivity (Wildman–Crippen MR) is 122 cm³/mol. The van der Waals surface area contributed by atoms with Crippen LogP contribution < -0.4 is 4.90 Å². The zero-order valence-corrected chi connectivity index (χ0v) is 19.5. The molecule has 2 aliphatic rings. The molecule has 3 rings (SSSR count). The molecule has 1 aromatic heterocycles. The number of aliphatic hydroxyl groups excluding tert-OH is 1. The molecule has 1 aliphatic carbocycles. The van der Waals surface area contributed by atoms with Gasteiger partial charge in [-0.05, 0) is 58.4 Å². The fourth-order valence-corrected chi connectivity index (χ4v) is 5.19. The van der Waals surface area contributed by atoms with Crippen LogP contribution >= 0.6 is 11.3 Å². The molecular weight excluding hydrogens is 414 g/mol. The largest absolute Gasteiger partial charge is 0.477 e. The Morgan fingerprint density at radius 3 is 2.61 bits per heavy atom. The number of carbonyl (C=O) groups excluding carboxylic acids is 1. The number of carbonyl (C=O) groups is 2. The number of amides is 1. The van der Waals surface area contributed by atoms with Crippen LogP contribution in [-0.2, 0) is 9.53 Å². The molecule has 1 saturated heterocycles. The first-order valence-electron chi connectivity index (χ1n) is 11.2. The third kappa shape index (κ3) is 5.88. The van der Waals surface area contributed by atoms with Gasteiger partial charge in [0.2, 0.25) is 0 Å². The summed E-state index contributed by atoms with van der Waals surface area (Å²) in [7, 11) is 0. The molecule has 0 radical (unpaired) electrons. The van der Waals surface area contributed by atoms with Crippen molar-refractivity contribution in [2.24, 2.45) is 11.3 Å². The normalized spacial score (nSPS) is 22.8. The predicted octanol–water partition coefficient (Wildman–Crippen LogP) is 4.30. The Balaban J connectivity index is 2.01. The van der Waals surface area contributed by atoms with E-state index >= 15 is 0 Å². The van der Waals surface area contributed by atoms with Crippen LogP contribution in [0.25, 0.3) is 0 Å². The lowest BCUT2D eigenvalue weighted by Gasteiger charge is -2.44. The smallest absolute Gasteiger partial charge is 0.348 e. The average Bonchev–Trinajstić information content (AvgIpc) is 3.15. The van der Waals surface area contributed by atoms with Crippen molar-refractivity contribution in [3.05, 3.63) is 15.8 Å². The zero-order chi connectivity index (χ0) is 22.6. The number of aromatic carboxylic acids is 1. The molecule has 1 aromatic rings. The summed E-state index contributed by atoms with van der Waals surface area (Å²) in [6.07, 6.45) is 5.71. The molecule has 2 N–H and O–H groups in total. The Hall–Kier alpha value is -1.88. The van der Waals surface area contributed by atoms with E-state index in [9.17, 15) is 19.8 Å². The van der Waals surface area contributed by atoms with Crippen molar-refractivity contribution >= 4 is 28.9 Å². The summed E-state index contributed by atoms with van der Waals surface area (Å²) < 4.78 is 5.93. The molecule has 1 saturated carbocycles. The third-order valence-corrected chi connectivity index (χ3v) is 6.89. The van der Waals surface area contributed by atoms with E-state index in [-0.39, 0.29) is 28.8 Å². The number of morpholine rings is 1. The number of ether oxygens (including phenoxy) is 1. The average molecular weight is 448 g/mol. The maximum atomic E-state index is 13.5. The SMILES string of the molecule is CC(C)(C)C#Cc1cc(N2C(=O)[C@@H](CCCO)OCC2C2CCCCC2)c(C(=O)O)s1. The fourth-order valence-electron chi connectivity index (χ4n) is 4.35. The molecule has 0 aromatic carbocycles. The van der Waals surface area contributed by atoms with E-state index < -0.39 is 12.1 Å². The van der Waals surface area contributed by atoms with Gasteiger partial charge in [-0.3, -0.25) is 4.79 Å². The van der Waals surface area contributed by atoms with Gasteiger partial charge in [0.1, 0.15) is 11.0 Å². The first-order chi connectivity index (χ1) is 14.7. The maximum Gasteiger partial charge on any atom is 0.348 e. The number of nitrogens with zero attached hydrogens (tertiary/aromatic N) is 1. The maximum absolute atomic E-state index is 13.5. The van der Waals surface area contributed by atoms with E-state index in [1.807, 2.05) is 20.8 Å². The van der Waals surface area contributed by atoms with Crippen LogP contribution in [0.3, 0.4) is 0 Å². The van der Waals surface area contributed by atoms with Crippen molar-refractivity contribution in [1.82, 2.24) is 0 Å². The second-order valence-corrected chi connectivity index (χ2v) is 10.5. The van der Waals surface area contributed by atoms with Crippen LogP contribution in [-0.4, -0.2) is 47.4 Å². The van der Waals surface area contributed by atoms with E-state index in [0.717, 1.165) is 37.0 Å². The van der Waals surface area contributed by atoms with E-state index in [0.29, 0.717) is 35.9 Å². The summed E-state index contributed by atoms with van der Waals surface area (Å²) in [5.41, 5.74) is 0.232. The van der Waals surface area contributed by atoms with Crippen LogP contribution in [0.4, 0.5) is 5.69 Å². The van der Waals surface area contributed by atoms with E-state index in [1.54, 1.807) is 11.0 Å². The Kier molecular flexibility index (Phi) is 7.79. The van der Waals surface area contributed by atoms with Crippen LogP contribution in [0.5, 0.6) is 0 Å². The highest BCUT2D eigenvalue weighted by molar-refractivity contribution is 7.15. The minimum atomic E-state index is -1.04. The van der Waals surface area contributed by atoms with Crippen LogP contribution in [0, 0.1) is 23.2 Å². The topological polar surface area (TPSA) is 87.1 Å². The zero-order valence-electron chi connectivity index (χ0n) is 18.6. The van der Waals surface area contributed by atoms with Gasteiger partial charge >= 0.3 is 5.97 Å². The van der Waals surface area contributed by atoms with Gasteiger partial charge < -0.3 is 19.8 Å². The highest BCUT2D eigenvalue weighted by Gasteiger charge is 2.42. The number of hydrogen-bond donors (Lipinski definition) is 2. The molecule has 0 spiro atoms. The summed E-state index contributed by atoms with van der Waals surface area (Å²) in [5, 5.41) is 19.1. The molecule has 31 heavy (non-hydrogen) atoms. The molecule has 1 amide bonds. The number of rotatable bonds is 6. The van der Waals surface area contributed by atoms with Crippen molar-refractivity contribution in [2.45, 2.75) is 77.9 Å². The van der Waals surface area contributed by atoms with Gasteiger partial charge in [0.15, 0.2) is 0 Å². The van der Waals surface area contributed by atoms with Crippen LogP contribution in [0.2, 0.25) is 0 Å². The lowest BCUT2D eigenvalue weighted by molar-refractivity contribution is -0.138. The number of anilines is 1. The van der Waals surface area contributed by atoms with E-state index in [1.165, 1.54) is 6.42 Å². The summed E-state index contributed by atoms with van der Waals surface area (Å²) in [6, 6.07) is 1.59. The number of aliphatic hydroxyl groups is 1. The molecule has 6 nitrogen and oxygen atoms in total. The molecule has 0 bridgehead atoms. The lowest BCUT2D eigenvalue weighted by atomic mass is 9.82. The minimum absolute atomic E-state index is 0.00936. The number of carboxylic acid groups (broad SMARTS) is 1. The molecule has 7 heteroatoms. The number of hydrogen-bond acceptors (Lipinski definition) is 5. The van der Waals surface area contributed by atoms with Gasteiger partial charge in [-0.1, -0.05) is 31.1 Å². The van der Waals surface area contributed by atoms with Gasteiger partial charge in [0.25, 0.3) is 5.91 Å². The summed E-state index contributed by atoms with van der Waals surface area (Å²) in [6.45, 7) is 6.39.